The van der Waals surface area contributed by atoms with E-state index in [1.54, 1.807) is 12.4 Å². The first-order chi connectivity index (χ1) is 10.7. The van der Waals surface area contributed by atoms with E-state index in [1.165, 1.54) is 6.33 Å². The zero-order chi connectivity index (χ0) is 15.4. The van der Waals surface area contributed by atoms with E-state index in [-0.39, 0.29) is 11.6 Å². The number of H-pyrrole nitrogens is 2. The summed E-state index contributed by atoms with van der Waals surface area (Å²) in [7, 11) is 0. The van der Waals surface area contributed by atoms with Crippen LogP contribution in [0.15, 0.2) is 43.0 Å². The number of aliphatic hydroxyl groups excluding tert-OH is 1. The van der Waals surface area contributed by atoms with E-state index >= 15 is 0 Å². The average molecular weight is 296 g/mol. The van der Waals surface area contributed by atoms with Gasteiger partial charge in [-0.3, -0.25) is 20.0 Å². The highest BCUT2D eigenvalue weighted by molar-refractivity contribution is 6.05. The molecule has 0 atom stereocenters. The Kier molecular flexibility index (Phi) is 3.73. The maximum absolute atomic E-state index is 11.9. The second kappa shape index (κ2) is 6.00. The zero-order valence-corrected chi connectivity index (χ0v) is 11.4. The minimum Gasteiger partial charge on any atom is -0.506 e. The predicted octanol–water partition coefficient (Wildman–Crippen LogP) is 1.30. The summed E-state index contributed by atoms with van der Waals surface area (Å²) in [5.41, 5.74) is 1.94. The molecular weight excluding hydrogens is 284 g/mol. The number of hydrogen-bond donors (Lipinski definition) is 3. The lowest BCUT2D eigenvalue weighted by Gasteiger charge is -2.02. The molecule has 3 aromatic rings. The van der Waals surface area contributed by atoms with Gasteiger partial charge in [-0.1, -0.05) is 6.07 Å². The Morgan fingerprint density at radius 2 is 2.14 bits per heavy atom. The standard InChI is InChI=1S/C14H12N6O2/c21-11(6-12(22)14-16-8-18-20-14)13-9(7-17-19-13)5-10-3-1-2-4-15-10/h1-4,6-8,21H,5H2,(H,17,19)(H,16,18,20). The third-order valence-electron chi connectivity index (χ3n) is 2.99. The van der Waals surface area contributed by atoms with Crippen molar-refractivity contribution in [3.63, 3.8) is 0 Å². The Morgan fingerprint density at radius 3 is 2.86 bits per heavy atom. The number of rotatable bonds is 5. The van der Waals surface area contributed by atoms with Gasteiger partial charge in [0.25, 0.3) is 0 Å². The first kappa shape index (κ1) is 13.7. The van der Waals surface area contributed by atoms with Crippen molar-refractivity contribution in [2.45, 2.75) is 6.42 Å². The minimum atomic E-state index is -0.478. The van der Waals surface area contributed by atoms with Gasteiger partial charge in [0.15, 0.2) is 5.82 Å². The highest BCUT2D eigenvalue weighted by Crippen LogP contribution is 2.17. The normalized spacial score (nSPS) is 11.5. The molecule has 0 aromatic carbocycles. The van der Waals surface area contributed by atoms with E-state index in [0.717, 1.165) is 17.3 Å². The number of allylic oxidation sites excluding steroid dienone is 1. The molecule has 8 nitrogen and oxygen atoms in total. The van der Waals surface area contributed by atoms with E-state index in [1.807, 2.05) is 18.2 Å². The van der Waals surface area contributed by atoms with E-state index in [4.69, 9.17) is 0 Å². The molecule has 0 spiro atoms. The molecule has 0 bridgehead atoms. The number of carbonyl (C=O) groups is 1. The number of pyridine rings is 1. The molecule has 0 saturated heterocycles. The van der Waals surface area contributed by atoms with Crippen LogP contribution in [-0.4, -0.2) is 41.3 Å². The van der Waals surface area contributed by atoms with E-state index < -0.39 is 5.78 Å². The minimum absolute atomic E-state index is 0.0531. The molecule has 110 valence electrons. The molecule has 8 heteroatoms. The lowest BCUT2D eigenvalue weighted by Crippen LogP contribution is -2.01. The number of aromatic amines is 2. The van der Waals surface area contributed by atoms with Crippen LogP contribution in [0.2, 0.25) is 0 Å². The molecule has 0 unspecified atom stereocenters. The number of nitrogens with one attached hydrogen (secondary N) is 2. The maximum Gasteiger partial charge on any atom is 0.226 e. The van der Waals surface area contributed by atoms with Crippen LogP contribution in [0.25, 0.3) is 5.76 Å². The van der Waals surface area contributed by atoms with Crippen molar-refractivity contribution in [3.05, 3.63) is 65.8 Å². The number of aromatic nitrogens is 6. The zero-order valence-electron chi connectivity index (χ0n) is 11.4. The molecule has 3 aromatic heterocycles. The Labute approximate surface area is 125 Å². The van der Waals surface area contributed by atoms with Crippen LogP contribution in [0.1, 0.15) is 27.6 Å². The third-order valence-corrected chi connectivity index (χ3v) is 2.99. The van der Waals surface area contributed by atoms with Gasteiger partial charge in [0.2, 0.25) is 5.78 Å². The van der Waals surface area contributed by atoms with Gasteiger partial charge in [0.1, 0.15) is 17.8 Å². The van der Waals surface area contributed by atoms with Gasteiger partial charge >= 0.3 is 0 Å². The topological polar surface area (TPSA) is 120 Å². The fraction of sp³-hybridized carbons (Fsp3) is 0.0714. The van der Waals surface area contributed by atoms with Gasteiger partial charge in [-0.05, 0) is 12.1 Å². The number of aliphatic hydroxyl groups is 1. The van der Waals surface area contributed by atoms with E-state index in [0.29, 0.717) is 12.1 Å². The molecule has 22 heavy (non-hydrogen) atoms. The van der Waals surface area contributed by atoms with Crippen molar-refractivity contribution in [2.24, 2.45) is 0 Å². The van der Waals surface area contributed by atoms with Gasteiger partial charge in [-0.25, -0.2) is 4.98 Å². The van der Waals surface area contributed by atoms with Crippen LogP contribution in [-0.2, 0) is 6.42 Å². The number of ketones is 1. The number of carbonyl (C=O) groups excluding carboxylic acids is 1. The molecule has 3 N–H and O–H groups in total. The molecule has 3 heterocycles. The average Bonchev–Trinajstić information content (AvgIpc) is 3.19. The van der Waals surface area contributed by atoms with Crippen molar-refractivity contribution in [3.8, 4) is 0 Å². The molecule has 0 fully saturated rings. The monoisotopic (exact) mass is 296 g/mol. The third kappa shape index (κ3) is 2.90. The van der Waals surface area contributed by atoms with E-state index in [9.17, 15) is 9.90 Å². The Hall–Kier alpha value is -3.29. The highest BCUT2D eigenvalue weighted by Gasteiger charge is 2.14. The fourth-order valence-electron chi connectivity index (χ4n) is 1.95. The van der Waals surface area contributed by atoms with Crippen LogP contribution in [0.4, 0.5) is 0 Å². The van der Waals surface area contributed by atoms with Gasteiger partial charge in [-0.15, -0.1) is 0 Å². The summed E-state index contributed by atoms with van der Waals surface area (Å²) in [6.07, 6.45) is 6.06. The van der Waals surface area contributed by atoms with Crippen molar-refractivity contribution in [2.75, 3.05) is 0 Å². The van der Waals surface area contributed by atoms with Crippen molar-refractivity contribution < 1.29 is 9.90 Å². The SMILES string of the molecule is O=C(C=C(O)c1[nH]ncc1Cc1ccccn1)c1ncn[nH]1. The summed E-state index contributed by atoms with van der Waals surface area (Å²) < 4.78 is 0. The summed E-state index contributed by atoms with van der Waals surface area (Å²) in [5, 5.41) is 22.7. The lowest BCUT2D eigenvalue weighted by molar-refractivity contribution is 0.103. The second-order valence-corrected chi connectivity index (χ2v) is 4.50. The predicted molar refractivity (Wildman–Crippen MR) is 76.9 cm³/mol. The van der Waals surface area contributed by atoms with Gasteiger partial charge in [0.05, 0.1) is 6.20 Å². The summed E-state index contributed by atoms with van der Waals surface area (Å²) in [5.74, 6) is -0.643. The molecule has 0 aliphatic carbocycles. The number of hydrogen-bond acceptors (Lipinski definition) is 6. The van der Waals surface area contributed by atoms with E-state index in [2.05, 4.69) is 30.4 Å². The largest absolute Gasteiger partial charge is 0.506 e. The van der Waals surface area contributed by atoms with Crippen molar-refractivity contribution in [1.29, 1.82) is 0 Å². The van der Waals surface area contributed by atoms with Crippen LogP contribution in [0, 0.1) is 0 Å². The molecule has 0 radical (unpaired) electrons. The summed E-state index contributed by atoms with van der Waals surface area (Å²) in [6.45, 7) is 0. The molecule has 3 rings (SSSR count). The van der Waals surface area contributed by atoms with Crippen LogP contribution in [0.5, 0.6) is 0 Å². The van der Waals surface area contributed by atoms with Crippen LogP contribution in [0.3, 0.4) is 0 Å². The fourth-order valence-corrected chi connectivity index (χ4v) is 1.95. The van der Waals surface area contributed by atoms with Gasteiger partial charge < -0.3 is 5.11 Å². The molecule has 0 aliphatic rings. The Bertz CT molecular complexity index is 792. The Morgan fingerprint density at radius 1 is 1.23 bits per heavy atom. The van der Waals surface area contributed by atoms with Gasteiger partial charge in [0, 0.05) is 30.0 Å². The summed E-state index contributed by atoms with van der Waals surface area (Å²) in [4.78, 5) is 19.8. The van der Waals surface area contributed by atoms with Crippen LogP contribution < -0.4 is 0 Å². The molecule has 0 aliphatic heterocycles. The highest BCUT2D eigenvalue weighted by atomic mass is 16.3. The van der Waals surface area contributed by atoms with Crippen LogP contribution >= 0.6 is 0 Å². The lowest BCUT2D eigenvalue weighted by atomic mass is 10.1. The summed E-state index contributed by atoms with van der Waals surface area (Å²) >= 11 is 0. The first-order valence-electron chi connectivity index (χ1n) is 6.47. The molecular formula is C14H12N6O2. The molecule has 0 amide bonds. The van der Waals surface area contributed by atoms with Crippen molar-refractivity contribution >= 4 is 11.5 Å². The maximum atomic E-state index is 11.9. The Balaban J connectivity index is 1.83. The number of nitrogens with zero attached hydrogens (tertiary/aromatic N) is 4. The van der Waals surface area contributed by atoms with Crippen molar-refractivity contribution in [1.82, 2.24) is 30.4 Å². The molecule has 0 saturated carbocycles. The van der Waals surface area contributed by atoms with Gasteiger partial charge in [-0.2, -0.15) is 10.2 Å². The second-order valence-electron chi connectivity index (χ2n) is 4.50. The quantitative estimate of drug-likeness (QED) is 0.371. The summed E-state index contributed by atoms with van der Waals surface area (Å²) in [6, 6.07) is 5.58. The first-order valence-corrected chi connectivity index (χ1v) is 6.47. The smallest absolute Gasteiger partial charge is 0.226 e.